The molecule has 62 heavy (non-hydrogen) atoms. The first-order valence-electron chi connectivity index (χ1n) is 19.4. The number of carbonyl (C=O) groups is 1. The molecule has 0 saturated heterocycles. The molecule has 12 heteroatoms. The Morgan fingerprint density at radius 2 is 1.02 bits per heavy atom. The van der Waals surface area contributed by atoms with E-state index in [0.717, 1.165) is 48.6 Å². The van der Waals surface area contributed by atoms with Crippen molar-refractivity contribution in [3.63, 3.8) is 0 Å². The number of halogens is 6. The van der Waals surface area contributed by atoms with Gasteiger partial charge in [0.15, 0.2) is 0 Å². The molecule has 0 aliphatic carbocycles. The van der Waals surface area contributed by atoms with E-state index in [0.29, 0.717) is 35.4 Å². The van der Waals surface area contributed by atoms with Crippen LogP contribution < -0.4 is 36.0 Å². The van der Waals surface area contributed by atoms with Crippen LogP contribution in [-0.4, -0.2) is 20.3 Å². The largest absolute Gasteiger partial charge is 0.497 e. The Labute approximate surface area is 354 Å². The Hall–Kier alpha value is -6.84. The van der Waals surface area contributed by atoms with E-state index in [1.54, 1.807) is 20.3 Å². The van der Waals surface area contributed by atoms with Gasteiger partial charge in [0.2, 0.25) is 0 Å². The SMILES string of the molecule is COc1cc(C[P+](c2ccccc2)(c2ccccc2)c2ccc3ccccc3c2-c2c(NC(=O)Nc3cc(C(F)(F)F)cc(C(F)(F)F)c3)ccc3ccccc23)cc(OC)c1. The van der Waals surface area contributed by atoms with Gasteiger partial charge in [-0.3, -0.25) is 0 Å². The second kappa shape index (κ2) is 16.9. The predicted molar refractivity (Wildman–Crippen MR) is 238 cm³/mol. The number of nitrogens with one attached hydrogen (secondary N) is 2. The second-order valence-corrected chi connectivity index (χ2v) is 18.1. The molecule has 0 radical (unpaired) electrons. The van der Waals surface area contributed by atoms with E-state index in [-0.39, 0.29) is 11.8 Å². The quantitative estimate of drug-likeness (QED) is 0.106. The normalized spacial score (nSPS) is 12.0. The molecule has 8 aromatic carbocycles. The molecule has 0 fully saturated rings. The van der Waals surface area contributed by atoms with Crippen LogP contribution in [0.3, 0.4) is 0 Å². The number of fused-ring (bicyclic) bond motifs is 2. The average molecular weight is 860 g/mol. The number of ether oxygens (including phenoxy) is 2. The molecule has 8 aromatic rings. The predicted octanol–water partition coefficient (Wildman–Crippen LogP) is 12.9. The van der Waals surface area contributed by atoms with Crippen LogP contribution in [0.2, 0.25) is 0 Å². The van der Waals surface area contributed by atoms with E-state index in [9.17, 15) is 31.1 Å². The summed E-state index contributed by atoms with van der Waals surface area (Å²) in [5.41, 5.74) is -1.14. The van der Waals surface area contributed by atoms with Crippen molar-refractivity contribution in [1.82, 2.24) is 0 Å². The van der Waals surface area contributed by atoms with Gasteiger partial charge in [-0.15, -0.1) is 0 Å². The molecular formula is C50H38F6N2O3P+. The Balaban J connectivity index is 1.41. The van der Waals surface area contributed by atoms with Crippen LogP contribution in [0, 0.1) is 0 Å². The summed E-state index contributed by atoms with van der Waals surface area (Å²) in [6, 6.07) is 49.4. The highest BCUT2D eigenvalue weighted by atomic mass is 31.2. The van der Waals surface area contributed by atoms with Gasteiger partial charge in [-0.2, -0.15) is 26.3 Å². The number of alkyl halides is 6. The van der Waals surface area contributed by atoms with Gasteiger partial charge >= 0.3 is 18.4 Å². The van der Waals surface area contributed by atoms with Crippen LogP contribution in [0.5, 0.6) is 11.5 Å². The molecule has 0 unspecified atom stereocenters. The summed E-state index contributed by atoms with van der Waals surface area (Å²) in [4.78, 5) is 14.0. The highest BCUT2D eigenvalue weighted by Crippen LogP contribution is 2.61. The van der Waals surface area contributed by atoms with Crippen molar-refractivity contribution < 1.29 is 40.6 Å². The van der Waals surface area contributed by atoms with E-state index < -0.39 is 42.5 Å². The highest BCUT2D eigenvalue weighted by molar-refractivity contribution is 7.95. The summed E-state index contributed by atoms with van der Waals surface area (Å²) in [7, 11) is 0.377. The number of carbonyl (C=O) groups excluding carboxylic acids is 1. The van der Waals surface area contributed by atoms with E-state index in [2.05, 4.69) is 47.0 Å². The van der Waals surface area contributed by atoms with Crippen molar-refractivity contribution >= 4 is 62.1 Å². The number of benzene rings is 8. The first kappa shape index (κ1) is 41.9. The maximum absolute atomic E-state index is 14.0. The summed E-state index contributed by atoms with van der Waals surface area (Å²) in [6.07, 6.45) is -9.70. The molecule has 5 nitrogen and oxygen atoms in total. The molecule has 2 N–H and O–H groups in total. The number of urea groups is 1. The van der Waals surface area contributed by atoms with Crippen molar-refractivity contribution in [2.75, 3.05) is 24.9 Å². The Morgan fingerprint density at radius 1 is 0.532 bits per heavy atom. The maximum atomic E-state index is 14.0. The summed E-state index contributed by atoms with van der Waals surface area (Å²) in [5, 5.41) is 11.5. The molecular weight excluding hydrogens is 822 g/mol. The monoisotopic (exact) mass is 859 g/mol. The third kappa shape index (κ3) is 8.28. The number of anilines is 2. The third-order valence-electron chi connectivity index (χ3n) is 10.8. The summed E-state index contributed by atoms with van der Waals surface area (Å²) < 4.78 is 94.4. The smallest absolute Gasteiger partial charge is 0.416 e. The minimum atomic E-state index is -5.10. The first-order valence-corrected chi connectivity index (χ1v) is 21.4. The molecule has 0 aliphatic heterocycles. The zero-order valence-corrected chi connectivity index (χ0v) is 34.2. The van der Waals surface area contributed by atoms with Crippen LogP contribution in [-0.2, 0) is 18.5 Å². The molecule has 312 valence electrons. The van der Waals surface area contributed by atoms with E-state index in [1.807, 2.05) is 109 Å². The van der Waals surface area contributed by atoms with Crippen molar-refractivity contribution in [2.45, 2.75) is 18.5 Å². The van der Waals surface area contributed by atoms with Crippen molar-refractivity contribution in [3.8, 4) is 22.6 Å². The van der Waals surface area contributed by atoms with E-state index in [1.165, 1.54) is 0 Å². The highest BCUT2D eigenvalue weighted by Gasteiger charge is 2.48. The van der Waals surface area contributed by atoms with Gasteiger partial charge in [0, 0.05) is 22.9 Å². The van der Waals surface area contributed by atoms with E-state index >= 15 is 0 Å². The molecule has 0 spiro atoms. The lowest BCUT2D eigenvalue weighted by atomic mass is 9.92. The molecule has 0 atom stereocenters. The fourth-order valence-corrected chi connectivity index (χ4v) is 12.5. The lowest BCUT2D eigenvalue weighted by Gasteiger charge is -2.31. The zero-order valence-electron chi connectivity index (χ0n) is 33.3. The number of amides is 2. The number of hydrogen-bond acceptors (Lipinski definition) is 3. The van der Waals surface area contributed by atoms with E-state index in [4.69, 9.17) is 9.47 Å². The fourth-order valence-electron chi connectivity index (χ4n) is 8.09. The van der Waals surface area contributed by atoms with Gasteiger partial charge < -0.3 is 20.1 Å². The van der Waals surface area contributed by atoms with Crippen LogP contribution in [0.25, 0.3) is 32.7 Å². The van der Waals surface area contributed by atoms with Crippen LogP contribution >= 0.6 is 7.26 Å². The molecule has 0 heterocycles. The molecule has 0 aliphatic rings. The van der Waals surface area contributed by atoms with Crippen molar-refractivity contribution in [1.29, 1.82) is 0 Å². The van der Waals surface area contributed by atoms with Gasteiger partial charge in [-0.05, 0) is 93.8 Å². The number of hydrogen-bond donors (Lipinski definition) is 2. The Kier molecular flexibility index (Phi) is 11.4. The molecule has 0 bridgehead atoms. The number of methoxy groups -OCH3 is 2. The zero-order chi connectivity index (χ0) is 43.6. The summed E-state index contributed by atoms with van der Waals surface area (Å²) in [5.74, 6) is 1.24. The van der Waals surface area contributed by atoms with Crippen LogP contribution in [0.1, 0.15) is 16.7 Å². The minimum absolute atomic E-state index is 0.0169. The van der Waals surface area contributed by atoms with Crippen molar-refractivity contribution in [2.24, 2.45) is 0 Å². The molecule has 0 saturated carbocycles. The lowest BCUT2D eigenvalue weighted by molar-refractivity contribution is -0.143. The topological polar surface area (TPSA) is 59.6 Å². The summed E-state index contributed by atoms with van der Waals surface area (Å²) in [6.45, 7) is 0. The standard InChI is InChI=1S/C50H37F6N2O3P/c1-60-38-25-32(26-39(30-38)61-2)31-62(40-15-5-3-6-16-40,41-17-7-4-8-18-41)45-24-22-34-14-10-12-20-43(34)47(45)46-42-19-11-9-13-33(42)21-23-44(46)58-48(59)57-37-28-35(49(51,52)53)27-36(29-37)50(54,55)56/h3-30H,31H2,1-2H3,(H-,57,58,59)/p+1. The third-order valence-corrected chi connectivity index (χ3v) is 15.2. The van der Waals surface area contributed by atoms with Crippen LogP contribution in [0.15, 0.2) is 170 Å². The maximum Gasteiger partial charge on any atom is 0.416 e. The van der Waals surface area contributed by atoms with Gasteiger partial charge in [0.1, 0.15) is 34.7 Å². The fraction of sp³-hybridized carbons (Fsp3) is 0.100. The lowest BCUT2D eigenvalue weighted by Crippen LogP contribution is -2.34. The second-order valence-electron chi connectivity index (χ2n) is 14.6. The first-order chi connectivity index (χ1) is 29.8. The summed E-state index contributed by atoms with van der Waals surface area (Å²) >= 11 is 0. The average Bonchev–Trinajstić information content (AvgIpc) is 3.27. The van der Waals surface area contributed by atoms with Crippen molar-refractivity contribution in [3.05, 3.63) is 187 Å². The van der Waals surface area contributed by atoms with Gasteiger partial charge in [0.05, 0.1) is 37.2 Å². The van der Waals surface area contributed by atoms with Gasteiger partial charge in [-0.1, -0.05) is 97.1 Å². The van der Waals surface area contributed by atoms with Crippen LogP contribution in [0.4, 0.5) is 42.5 Å². The molecule has 8 rings (SSSR count). The van der Waals surface area contributed by atoms with Gasteiger partial charge in [0.25, 0.3) is 0 Å². The Bertz CT molecular complexity index is 2830. The minimum Gasteiger partial charge on any atom is -0.497 e. The molecule has 0 aromatic heterocycles. The number of rotatable bonds is 10. The van der Waals surface area contributed by atoms with Gasteiger partial charge in [-0.25, -0.2) is 4.79 Å². The Morgan fingerprint density at radius 3 is 1.53 bits per heavy atom. The molecule has 2 amide bonds.